The normalized spacial score (nSPS) is 17.1. The second-order valence-electron chi connectivity index (χ2n) is 8.51. The van der Waals surface area contributed by atoms with Gasteiger partial charge in [-0.3, -0.25) is 9.69 Å². The number of para-hydroxylation sites is 1. The Bertz CT molecular complexity index is 831. The Hall–Kier alpha value is -1.86. The fourth-order valence-electron chi connectivity index (χ4n) is 3.31. The Morgan fingerprint density at radius 2 is 2.00 bits per heavy atom. The molecule has 0 radical (unpaired) electrons. The van der Waals surface area contributed by atoms with Gasteiger partial charge in [0.05, 0.1) is 17.2 Å². The van der Waals surface area contributed by atoms with Gasteiger partial charge in [0.15, 0.2) is 6.10 Å². The van der Waals surface area contributed by atoms with Crippen molar-refractivity contribution < 1.29 is 13.9 Å². The first kappa shape index (κ1) is 21.8. The van der Waals surface area contributed by atoms with Crippen LogP contribution in [0.2, 0.25) is 0 Å². The van der Waals surface area contributed by atoms with Gasteiger partial charge in [0.2, 0.25) is 5.89 Å². The van der Waals surface area contributed by atoms with E-state index in [0.717, 1.165) is 42.2 Å². The van der Waals surface area contributed by atoms with Crippen molar-refractivity contribution in [2.24, 2.45) is 0 Å². The van der Waals surface area contributed by atoms with Gasteiger partial charge in [-0.25, -0.2) is 4.98 Å². The van der Waals surface area contributed by atoms with E-state index in [-0.39, 0.29) is 11.3 Å². The zero-order valence-corrected chi connectivity index (χ0v) is 19.2. The monoisotopic (exact) mass is 463 g/mol. The fourth-order valence-corrected chi connectivity index (χ4v) is 3.69. The van der Waals surface area contributed by atoms with E-state index in [9.17, 15) is 4.79 Å². The van der Waals surface area contributed by atoms with Crippen LogP contribution in [0.4, 0.5) is 0 Å². The third-order valence-corrected chi connectivity index (χ3v) is 5.70. The lowest BCUT2D eigenvalue weighted by atomic mass is 9.94. The molecule has 3 rings (SSSR count). The number of oxazole rings is 1. The molecule has 6 nitrogen and oxygen atoms in total. The number of halogens is 1. The molecule has 1 aromatic carbocycles. The van der Waals surface area contributed by atoms with Gasteiger partial charge < -0.3 is 14.1 Å². The lowest BCUT2D eigenvalue weighted by Crippen LogP contribution is -2.42. The number of rotatable bonds is 5. The average molecular weight is 464 g/mol. The third-order valence-electron chi connectivity index (χ3n) is 5.04. The van der Waals surface area contributed by atoms with Crippen molar-refractivity contribution in [1.29, 1.82) is 0 Å². The molecular weight excluding hydrogens is 434 g/mol. The highest BCUT2D eigenvalue weighted by atomic mass is 79.9. The molecule has 1 aliphatic rings. The number of benzene rings is 1. The summed E-state index contributed by atoms with van der Waals surface area (Å²) in [6.07, 6.45) is 2.21. The summed E-state index contributed by atoms with van der Waals surface area (Å²) in [7, 11) is 0. The number of hydrogen-bond donors (Lipinski definition) is 0. The topological polar surface area (TPSA) is 58.8 Å². The molecule has 1 saturated heterocycles. The van der Waals surface area contributed by atoms with E-state index in [4.69, 9.17) is 9.15 Å². The molecule has 0 bridgehead atoms. The maximum atomic E-state index is 12.9. The Morgan fingerprint density at radius 3 is 2.69 bits per heavy atom. The van der Waals surface area contributed by atoms with Gasteiger partial charge in [0.1, 0.15) is 11.5 Å². The molecule has 1 aliphatic heterocycles. The molecule has 1 amide bonds. The van der Waals surface area contributed by atoms with Gasteiger partial charge in [0.25, 0.3) is 5.91 Å². The lowest BCUT2D eigenvalue weighted by molar-refractivity contribution is -0.137. The summed E-state index contributed by atoms with van der Waals surface area (Å²) < 4.78 is 12.7. The highest BCUT2D eigenvalue weighted by Gasteiger charge is 2.26. The SMILES string of the molecule is CC(Oc1ccccc1Br)C(=O)N1CCCN(Cc2ncc(C(C)(C)C)o2)CC1. The average Bonchev–Trinajstić information content (AvgIpc) is 3.02. The Kier molecular flexibility index (Phi) is 7.01. The van der Waals surface area contributed by atoms with Crippen molar-refractivity contribution >= 4 is 21.8 Å². The van der Waals surface area contributed by atoms with Gasteiger partial charge in [0, 0.05) is 31.6 Å². The van der Waals surface area contributed by atoms with E-state index < -0.39 is 6.10 Å². The number of carbonyl (C=O) groups excluding carboxylic acids is 1. The molecule has 2 heterocycles. The minimum Gasteiger partial charge on any atom is -0.480 e. The summed E-state index contributed by atoms with van der Waals surface area (Å²) >= 11 is 3.46. The summed E-state index contributed by atoms with van der Waals surface area (Å²) in [5, 5.41) is 0. The molecule has 0 spiro atoms. The van der Waals surface area contributed by atoms with Crippen LogP contribution in [0.15, 0.2) is 39.4 Å². The van der Waals surface area contributed by atoms with Crippen LogP contribution < -0.4 is 4.74 Å². The molecule has 7 heteroatoms. The second kappa shape index (κ2) is 9.30. The zero-order valence-electron chi connectivity index (χ0n) is 17.7. The maximum Gasteiger partial charge on any atom is 0.263 e. The number of aromatic nitrogens is 1. The molecule has 1 aromatic heterocycles. The van der Waals surface area contributed by atoms with Gasteiger partial charge >= 0.3 is 0 Å². The first-order chi connectivity index (χ1) is 13.7. The summed E-state index contributed by atoms with van der Waals surface area (Å²) in [6, 6.07) is 7.59. The largest absolute Gasteiger partial charge is 0.480 e. The molecule has 158 valence electrons. The summed E-state index contributed by atoms with van der Waals surface area (Å²) in [4.78, 5) is 21.5. The first-order valence-corrected chi connectivity index (χ1v) is 10.9. The third kappa shape index (κ3) is 5.82. The molecule has 0 saturated carbocycles. The van der Waals surface area contributed by atoms with Crippen LogP contribution in [0.3, 0.4) is 0 Å². The fraction of sp³-hybridized carbons (Fsp3) is 0.545. The predicted molar refractivity (Wildman–Crippen MR) is 116 cm³/mol. The van der Waals surface area contributed by atoms with Crippen LogP contribution in [0.1, 0.15) is 45.8 Å². The lowest BCUT2D eigenvalue weighted by Gasteiger charge is -2.25. The van der Waals surface area contributed by atoms with Crippen molar-refractivity contribution in [2.75, 3.05) is 26.2 Å². The van der Waals surface area contributed by atoms with E-state index in [2.05, 4.69) is 46.6 Å². The van der Waals surface area contributed by atoms with Gasteiger partial charge in [-0.05, 0) is 41.4 Å². The van der Waals surface area contributed by atoms with E-state index in [1.807, 2.05) is 42.3 Å². The second-order valence-corrected chi connectivity index (χ2v) is 9.37. The molecule has 1 atom stereocenters. The van der Waals surface area contributed by atoms with Crippen molar-refractivity contribution in [3.63, 3.8) is 0 Å². The first-order valence-electron chi connectivity index (χ1n) is 10.1. The number of nitrogens with zero attached hydrogens (tertiary/aromatic N) is 3. The molecule has 2 aromatic rings. The number of carbonyl (C=O) groups is 1. The van der Waals surface area contributed by atoms with Crippen molar-refractivity contribution in [3.05, 3.63) is 46.6 Å². The highest BCUT2D eigenvalue weighted by Crippen LogP contribution is 2.25. The Balaban J connectivity index is 1.54. The van der Waals surface area contributed by atoms with Crippen molar-refractivity contribution in [3.8, 4) is 5.75 Å². The van der Waals surface area contributed by atoms with Gasteiger partial charge in [-0.15, -0.1) is 0 Å². The molecule has 0 N–H and O–H groups in total. The van der Waals surface area contributed by atoms with E-state index in [1.165, 1.54) is 0 Å². The standard InChI is InChI=1S/C22H30BrN3O3/c1-16(28-18-9-6-5-8-17(18)23)21(27)26-11-7-10-25(12-13-26)15-20-24-14-19(29-20)22(2,3)4/h5-6,8-9,14,16H,7,10-13,15H2,1-4H3. The van der Waals surface area contributed by atoms with E-state index in [1.54, 1.807) is 0 Å². The van der Waals surface area contributed by atoms with Crippen LogP contribution in [0.5, 0.6) is 5.75 Å². The number of amides is 1. The summed E-state index contributed by atoms with van der Waals surface area (Å²) in [5.41, 5.74) is -0.0445. The van der Waals surface area contributed by atoms with Gasteiger partial charge in [-0.1, -0.05) is 32.9 Å². The quantitative estimate of drug-likeness (QED) is 0.663. The van der Waals surface area contributed by atoms with E-state index >= 15 is 0 Å². The minimum absolute atomic E-state index is 0.0220. The van der Waals surface area contributed by atoms with E-state index in [0.29, 0.717) is 18.8 Å². The maximum absolute atomic E-state index is 12.9. The van der Waals surface area contributed by atoms with Crippen LogP contribution in [-0.4, -0.2) is 53.0 Å². The summed E-state index contributed by atoms with van der Waals surface area (Å²) in [6.45, 7) is 11.9. The smallest absolute Gasteiger partial charge is 0.263 e. The van der Waals surface area contributed by atoms with Crippen molar-refractivity contribution in [2.45, 2.75) is 52.2 Å². The predicted octanol–water partition coefficient (Wildman–Crippen LogP) is 4.24. The highest BCUT2D eigenvalue weighted by molar-refractivity contribution is 9.10. The Morgan fingerprint density at radius 1 is 1.24 bits per heavy atom. The molecule has 29 heavy (non-hydrogen) atoms. The van der Waals surface area contributed by atoms with Crippen LogP contribution in [0.25, 0.3) is 0 Å². The number of hydrogen-bond acceptors (Lipinski definition) is 5. The molecular formula is C22H30BrN3O3. The zero-order chi connectivity index (χ0) is 21.0. The van der Waals surface area contributed by atoms with Crippen LogP contribution in [0, 0.1) is 0 Å². The Labute approximate surface area is 181 Å². The number of ether oxygens (including phenoxy) is 1. The van der Waals surface area contributed by atoms with Crippen LogP contribution >= 0.6 is 15.9 Å². The van der Waals surface area contributed by atoms with Crippen LogP contribution in [-0.2, 0) is 16.8 Å². The summed E-state index contributed by atoms with van der Waals surface area (Å²) in [5.74, 6) is 2.34. The van der Waals surface area contributed by atoms with Crippen molar-refractivity contribution in [1.82, 2.24) is 14.8 Å². The van der Waals surface area contributed by atoms with Gasteiger partial charge in [-0.2, -0.15) is 0 Å². The molecule has 1 fully saturated rings. The molecule has 0 aliphatic carbocycles. The minimum atomic E-state index is -0.527. The molecule has 1 unspecified atom stereocenters.